The van der Waals surface area contributed by atoms with E-state index in [1.807, 2.05) is 56.3 Å². The Morgan fingerprint density at radius 1 is 0.905 bits per heavy atom. The van der Waals surface area contributed by atoms with Gasteiger partial charge in [-0.05, 0) is 85.0 Å². The number of alkyl halides is 3. The minimum Gasteiger partial charge on any atom is -0.478 e. The molecule has 0 radical (unpaired) electrons. The van der Waals surface area contributed by atoms with Crippen LogP contribution in [0, 0.1) is 13.8 Å². The third-order valence-electron chi connectivity index (χ3n) is 7.73. The molecule has 0 spiro atoms. The topological polar surface area (TPSA) is 71.3 Å². The largest absolute Gasteiger partial charge is 0.478 e. The average molecular weight is 571 g/mol. The van der Waals surface area contributed by atoms with Crippen LogP contribution in [-0.4, -0.2) is 21.6 Å². The van der Waals surface area contributed by atoms with Gasteiger partial charge in [0.25, 0.3) is 5.91 Å². The fourth-order valence-corrected chi connectivity index (χ4v) is 5.24. The van der Waals surface area contributed by atoms with Crippen LogP contribution in [0.5, 0.6) is 0 Å². The number of nitrogens with zero attached hydrogens (tertiary/aromatic N) is 1. The van der Waals surface area contributed by atoms with E-state index in [-0.39, 0.29) is 11.5 Å². The number of benzene rings is 4. The second-order valence-corrected chi connectivity index (χ2v) is 10.4. The Morgan fingerprint density at radius 3 is 2.31 bits per heavy atom. The van der Waals surface area contributed by atoms with E-state index in [0.29, 0.717) is 23.2 Å². The maximum Gasteiger partial charge on any atom is 0.416 e. The highest BCUT2D eigenvalue weighted by Crippen LogP contribution is 2.32. The Bertz CT molecular complexity index is 1800. The van der Waals surface area contributed by atoms with Gasteiger partial charge in [-0.2, -0.15) is 13.2 Å². The van der Waals surface area contributed by atoms with Crippen LogP contribution < -0.4 is 5.32 Å². The van der Waals surface area contributed by atoms with Crippen LogP contribution in [0.25, 0.3) is 22.0 Å². The van der Waals surface area contributed by atoms with Gasteiger partial charge in [-0.15, -0.1) is 0 Å². The van der Waals surface area contributed by atoms with Crippen molar-refractivity contribution in [3.8, 4) is 11.1 Å². The SMILES string of the molecule is Cc1c(C)n(Cc2ccc(-c3ccccc3C(=O)O)cc2)c2ccc(C(=O)N[C@@H](C)c3cccc(C(F)(F)F)c3)cc12. The van der Waals surface area contributed by atoms with Gasteiger partial charge in [0.2, 0.25) is 0 Å². The predicted octanol–water partition coefficient (Wildman–Crippen LogP) is 8.18. The van der Waals surface area contributed by atoms with Crippen LogP contribution in [0.15, 0.2) is 91.0 Å². The van der Waals surface area contributed by atoms with Crippen molar-refractivity contribution in [2.24, 2.45) is 0 Å². The van der Waals surface area contributed by atoms with Crippen molar-refractivity contribution in [2.75, 3.05) is 0 Å². The molecule has 5 nitrogen and oxygen atoms in total. The zero-order valence-corrected chi connectivity index (χ0v) is 23.3. The van der Waals surface area contributed by atoms with Gasteiger partial charge in [-0.25, -0.2) is 4.79 Å². The molecular weight excluding hydrogens is 541 g/mol. The number of carbonyl (C=O) groups excluding carboxylic acids is 1. The number of halogens is 3. The molecule has 0 saturated heterocycles. The summed E-state index contributed by atoms with van der Waals surface area (Å²) in [5.74, 6) is -1.35. The van der Waals surface area contributed by atoms with Crippen LogP contribution in [-0.2, 0) is 12.7 Å². The van der Waals surface area contributed by atoms with E-state index in [2.05, 4.69) is 9.88 Å². The highest BCUT2D eigenvalue weighted by Gasteiger charge is 2.31. The van der Waals surface area contributed by atoms with Gasteiger partial charge < -0.3 is 15.0 Å². The van der Waals surface area contributed by atoms with E-state index < -0.39 is 23.8 Å². The number of fused-ring (bicyclic) bond motifs is 1. The van der Waals surface area contributed by atoms with Crippen molar-refractivity contribution in [3.63, 3.8) is 0 Å². The van der Waals surface area contributed by atoms with Gasteiger partial charge in [-0.1, -0.05) is 54.6 Å². The lowest BCUT2D eigenvalue weighted by molar-refractivity contribution is -0.137. The first-order chi connectivity index (χ1) is 19.9. The van der Waals surface area contributed by atoms with Gasteiger partial charge in [-0.3, -0.25) is 4.79 Å². The number of carbonyl (C=O) groups is 2. The second kappa shape index (κ2) is 11.2. The minimum absolute atomic E-state index is 0.247. The monoisotopic (exact) mass is 570 g/mol. The van der Waals surface area contributed by atoms with E-state index in [1.165, 1.54) is 6.07 Å². The lowest BCUT2D eigenvalue weighted by atomic mass is 9.99. The number of nitrogens with one attached hydrogen (secondary N) is 1. The molecule has 0 aliphatic carbocycles. The first-order valence-electron chi connectivity index (χ1n) is 13.4. The molecule has 1 amide bonds. The number of aromatic carboxylic acids is 1. The predicted molar refractivity (Wildman–Crippen MR) is 157 cm³/mol. The fourth-order valence-electron chi connectivity index (χ4n) is 5.24. The Balaban J connectivity index is 1.37. The summed E-state index contributed by atoms with van der Waals surface area (Å²) >= 11 is 0. The molecule has 0 fully saturated rings. The first-order valence-corrected chi connectivity index (χ1v) is 13.4. The van der Waals surface area contributed by atoms with Crippen LogP contribution in [0.4, 0.5) is 13.2 Å². The average Bonchev–Trinajstić information content (AvgIpc) is 3.21. The van der Waals surface area contributed by atoms with E-state index in [0.717, 1.165) is 45.4 Å². The van der Waals surface area contributed by atoms with E-state index in [4.69, 9.17) is 0 Å². The third kappa shape index (κ3) is 5.65. The summed E-state index contributed by atoms with van der Waals surface area (Å²) in [6.45, 7) is 6.24. The molecule has 1 atom stereocenters. The molecule has 0 aliphatic rings. The molecular formula is C34H29F3N2O3. The lowest BCUT2D eigenvalue weighted by Crippen LogP contribution is -2.26. The molecule has 4 aromatic carbocycles. The molecule has 0 unspecified atom stereocenters. The van der Waals surface area contributed by atoms with Crippen molar-refractivity contribution in [1.82, 2.24) is 9.88 Å². The van der Waals surface area contributed by atoms with Gasteiger partial charge in [0.05, 0.1) is 17.2 Å². The van der Waals surface area contributed by atoms with Crippen molar-refractivity contribution >= 4 is 22.8 Å². The summed E-state index contributed by atoms with van der Waals surface area (Å²) < 4.78 is 41.6. The normalized spacial score (nSPS) is 12.3. The standard InChI is InChI=1S/C34H29F3N2O3/c1-20-22(3)39(19-23-11-13-24(14-12-23)28-9-4-5-10-29(28)33(41)42)31-16-15-26(18-30(20)31)32(40)38-21(2)25-7-6-8-27(17-25)34(35,36)37/h4-18,21H,19H2,1-3H3,(H,38,40)(H,41,42)/t21-/m0/s1. The number of amides is 1. The Hall–Kier alpha value is -4.85. The molecule has 0 aliphatic heterocycles. The van der Waals surface area contributed by atoms with Crippen molar-refractivity contribution in [3.05, 3.63) is 130 Å². The number of rotatable bonds is 7. The van der Waals surface area contributed by atoms with Crippen LogP contribution in [0.3, 0.4) is 0 Å². The highest BCUT2D eigenvalue weighted by molar-refractivity contribution is 5.99. The maximum absolute atomic E-state index is 13.1. The Morgan fingerprint density at radius 2 is 1.62 bits per heavy atom. The highest BCUT2D eigenvalue weighted by atomic mass is 19.4. The molecule has 1 aromatic heterocycles. The van der Waals surface area contributed by atoms with Crippen LogP contribution in [0.1, 0.15) is 61.6 Å². The van der Waals surface area contributed by atoms with Crippen molar-refractivity contribution < 1.29 is 27.9 Å². The van der Waals surface area contributed by atoms with Crippen molar-refractivity contribution in [1.29, 1.82) is 0 Å². The van der Waals surface area contributed by atoms with Gasteiger partial charge >= 0.3 is 12.1 Å². The number of hydrogen-bond acceptors (Lipinski definition) is 2. The molecule has 214 valence electrons. The summed E-state index contributed by atoms with van der Waals surface area (Å²) in [4.78, 5) is 24.7. The van der Waals surface area contributed by atoms with Gasteiger partial charge in [0, 0.05) is 28.7 Å². The second-order valence-electron chi connectivity index (χ2n) is 10.4. The summed E-state index contributed by atoms with van der Waals surface area (Å²) in [6.07, 6.45) is -4.46. The molecule has 0 saturated carbocycles. The quantitative estimate of drug-likeness (QED) is 0.207. The molecule has 0 bridgehead atoms. The minimum atomic E-state index is -4.46. The third-order valence-corrected chi connectivity index (χ3v) is 7.73. The smallest absolute Gasteiger partial charge is 0.416 e. The molecule has 1 heterocycles. The summed E-state index contributed by atoms with van der Waals surface area (Å²) in [5, 5.41) is 13.3. The van der Waals surface area contributed by atoms with Gasteiger partial charge in [0.15, 0.2) is 0 Å². The summed E-state index contributed by atoms with van der Waals surface area (Å²) in [6, 6.07) is 24.5. The summed E-state index contributed by atoms with van der Waals surface area (Å²) in [5.41, 5.74) is 5.80. The Labute approximate surface area is 241 Å². The zero-order valence-electron chi connectivity index (χ0n) is 23.3. The number of aromatic nitrogens is 1. The summed E-state index contributed by atoms with van der Waals surface area (Å²) in [7, 11) is 0. The number of hydrogen-bond donors (Lipinski definition) is 2. The molecule has 5 aromatic rings. The Kier molecular flexibility index (Phi) is 7.65. The van der Waals surface area contributed by atoms with E-state index in [9.17, 15) is 27.9 Å². The number of aryl methyl sites for hydroxylation is 1. The number of carboxylic acids is 1. The molecule has 42 heavy (non-hydrogen) atoms. The van der Waals surface area contributed by atoms with E-state index in [1.54, 1.807) is 37.3 Å². The zero-order chi connectivity index (χ0) is 30.2. The van der Waals surface area contributed by atoms with Crippen LogP contribution in [0.2, 0.25) is 0 Å². The maximum atomic E-state index is 13.1. The molecule has 5 rings (SSSR count). The fraction of sp³-hybridized carbons (Fsp3) is 0.176. The van der Waals surface area contributed by atoms with Crippen LogP contribution >= 0.6 is 0 Å². The lowest BCUT2D eigenvalue weighted by Gasteiger charge is -2.16. The van der Waals surface area contributed by atoms with Crippen molar-refractivity contribution in [2.45, 2.75) is 39.5 Å². The first kappa shape index (κ1) is 28.7. The molecule has 2 N–H and O–H groups in total. The number of carboxylic acid groups (broad SMARTS) is 1. The molecule has 8 heteroatoms. The van der Waals surface area contributed by atoms with E-state index >= 15 is 0 Å². The van der Waals surface area contributed by atoms with Gasteiger partial charge in [0.1, 0.15) is 0 Å².